The minimum atomic E-state index is -0.515. The monoisotopic (exact) mass is 250 g/mol. The van der Waals surface area contributed by atoms with Gasteiger partial charge in [0.25, 0.3) is 4.92 Å². The Hall–Kier alpha value is -2.44. The maximum atomic E-state index is 11.5. The number of rotatable bonds is 3. The third kappa shape index (κ3) is 1.79. The Balaban J connectivity index is 2.62. The summed E-state index contributed by atoms with van der Waals surface area (Å²) >= 11 is 0. The van der Waals surface area contributed by atoms with Gasteiger partial charge in [-0.2, -0.15) is 5.10 Å². The van der Waals surface area contributed by atoms with Crippen LogP contribution in [-0.2, 0) is 16.6 Å². The van der Waals surface area contributed by atoms with E-state index in [1.165, 1.54) is 18.9 Å². The molecule has 0 saturated heterocycles. The molecule has 1 aromatic heterocycles. The number of aryl methyl sites for hydroxylation is 1. The summed E-state index contributed by atoms with van der Waals surface area (Å²) in [6.07, 6.45) is 0. The predicted molar refractivity (Wildman–Crippen MR) is 62.3 cm³/mol. The summed E-state index contributed by atoms with van der Waals surface area (Å²) in [5.74, 6) is -0.515. The van der Waals surface area contributed by atoms with E-state index in [0.717, 1.165) is 0 Å². The van der Waals surface area contributed by atoms with E-state index >= 15 is 0 Å². The van der Waals surface area contributed by atoms with Crippen LogP contribution in [0, 0.1) is 4.91 Å². The molecule has 18 heavy (non-hydrogen) atoms. The second-order valence-corrected chi connectivity index (χ2v) is 3.60. The summed E-state index contributed by atoms with van der Waals surface area (Å²) in [5, 5.41) is 4.69. The normalized spacial score (nSPS) is 10.4. The lowest BCUT2D eigenvalue weighted by molar-refractivity contribution is -0.736. The molecule has 0 aliphatic rings. The summed E-state index contributed by atoms with van der Waals surface area (Å²) in [4.78, 5) is 27.8. The van der Waals surface area contributed by atoms with Gasteiger partial charge in [-0.25, -0.2) is 9.63 Å². The Morgan fingerprint density at radius 3 is 2.72 bits per heavy atom. The first-order valence-electron chi connectivity index (χ1n) is 5.15. The van der Waals surface area contributed by atoms with Crippen LogP contribution in [0.2, 0.25) is 0 Å². The van der Waals surface area contributed by atoms with Crippen molar-refractivity contribution in [2.24, 2.45) is 7.05 Å². The average molecular weight is 250 g/mol. The van der Waals surface area contributed by atoms with Crippen LogP contribution in [0.4, 0.5) is 5.69 Å². The molecule has 2 aromatic rings. The number of nitrogens with zero attached hydrogens (tertiary/aromatic N) is 3. The first-order chi connectivity index (χ1) is 8.58. The van der Waals surface area contributed by atoms with Gasteiger partial charge in [0.15, 0.2) is 12.8 Å². The lowest BCUT2D eigenvalue weighted by Gasteiger charge is -1.94. The highest BCUT2D eigenvalue weighted by molar-refractivity contribution is 6.02. The molecular weight excluding hydrogens is 238 g/mol. The van der Waals surface area contributed by atoms with Gasteiger partial charge in [-0.3, -0.25) is 4.68 Å². The van der Waals surface area contributed by atoms with Gasteiger partial charge in [-0.15, -0.1) is 0 Å². The number of benzene rings is 1. The molecule has 2 rings (SSSR count). The van der Waals surface area contributed by atoms with Crippen LogP contribution in [0.3, 0.4) is 0 Å². The predicted octanol–water partition coefficient (Wildman–Crippen LogP) is 1.33. The number of esters is 1. The summed E-state index contributed by atoms with van der Waals surface area (Å²) in [7, 11) is 4.25. The van der Waals surface area contributed by atoms with Gasteiger partial charge in [-0.1, -0.05) is 0 Å². The number of carbonyl (C=O) groups excluding carboxylic acids is 1. The SMILES string of the molecule is COC(=O)c1nn(C)c2cc([N+](=O)OC)ccc12. The van der Waals surface area contributed by atoms with Gasteiger partial charge in [0, 0.05) is 24.6 Å². The van der Waals surface area contributed by atoms with E-state index in [-0.39, 0.29) is 5.69 Å². The number of hydrogen-bond donors (Lipinski definition) is 0. The van der Waals surface area contributed by atoms with Crippen LogP contribution in [0.15, 0.2) is 18.2 Å². The van der Waals surface area contributed by atoms with Crippen molar-refractivity contribution in [3.63, 3.8) is 0 Å². The highest BCUT2D eigenvalue weighted by Crippen LogP contribution is 2.23. The van der Waals surface area contributed by atoms with Crippen LogP contribution in [-0.4, -0.2) is 34.9 Å². The molecule has 1 aromatic carbocycles. The van der Waals surface area contributed by atoms with Crippen molar-refractivity contribution >= 4 is 22.6 Å². The number of aromatic nitrogens is 2. The Bertz CT molecular complexity index is 632. The summed E-state index contributed by atoms with van der Waals surface area (Å²) < 4.78 is 6.15. The quantitative estimate of drug-likeness (QED) is 0.607. The highest BCUT2D eigenvalue weighted by atomic mass is 16.8. The summed E-state index contributed by atoms with van der Waals surface area (Å²) in [6.45, 7) is 0. The van der Waals surface area contributed by atoms with E-state index in [2.05, 4.69) is 14.7 Å². The topological polar surface area (TPSA) is 73.4 Å². The molecule has 0 aliphatic carbocycles. The van der Waals surface area contributed by atoms with Crippen molar-refractivity contribution in [2.75, 3.05) is 14.2 Å². The van der Waals surface area contributed by atoms with Gasteiger partial charge in [-0.05, 0) is 6.07 Å². The first kappa shape index (κ1) is 12.0. The van der Waals surface area contributed by atoms with E-state index in [4.69, 9.17) is 0 Å². The minimum absolute atomic E-state index is 0.219. The molecule has 0 radical (unpaired) electrons. The minimum Gasteiger partial charge on any atom is -0.464 e. The van der Waals surface area contributed by atoms with Gasteiger partial charge >= 0.3 is 11.7 Å². The zero-order valence-corrected chi connectivity index (χ0v) is 10.2. The Morgan fingerprint density at radius 2 is 2.11 bits per heavy atom. The molecular formula is C11H12N3O4+. The van der Waals surface area contributed by atoms with E-state index in [9.17, 15) is 9.70 Å². The fourth-order valence-electron chi connectivity index (χ4n) is 1.71. The van der Waals surface area contributed by atoms with E-state index in [0.29, 0.717) is 21.5 Å². The molecule has 0 spiro atoms. The Kier molecular flexibility index (Phi) is 2.97. The standard InChI is InChI=1S/C11H12N3O4/c1-13-9-6-7(14(16)18-3)4-5-8(9)10(12-13)11(15)17-2/h4-6H,1-3H3/q+1. The van der Waals surface area contributed by atoms with Crippen molar-refractivity contribution in [3.8, 4) is 0 Å². The van der Waals surface area contributed by atoms with Crippen molar-refractivity contribution in [3.05, 3.63) is 28.8 Å². The second-order valence-electron chi connectivity index (χ2n) is 3.60. The van der Waals surface area contributed by atoms with Crippen LogP contribution >= 0.6 is 0 Å². The molecule has 0 atom stereocenters. The van der Waals surface area contributed by atoms with E-state index in [1.54, 1.807) is 25.2 Å². The maximum absolute atomic E-state index is 11.5. The van der Waals surface area contributed by atoms with Gasteiger partial charge in [0.1, 0.15) is 0 Å². The third-order valence-corrected chi connectivity index (χ3v) is 2.59. The first-order valence-corrected chi connectivity index (χ1v) is 5.15. The van der Waals surface area contributed by atoms with Crippen molar-refractivity contribution in [1.82, 2.24) is 9.78 Å². The fourth-order valence-corrected chi connectivity index (χ4v) is 1.71. The average Bonchev–Trinajstić information content (AvgIpc) is 2.74. The van der Waals surface area contributed by atoms with Gasteiger partial charge in [0.2, 0.25) is 0 Å². The lowest BCUT2D eigenvalue weighted by Crippen LogP contribution is -2.03. The fraction of sp³-hybridized carbons (Fsp3) is 0.273. The number of carbonyl (C=O) groups is 1. The maximum Gasteiger partial charge on any atom is 0.359 e. The largest absolute Gasteiger partial charge is 0.464 e. The molecule has 94 valence electrons. The molecule has 7 heteroatoms. The Morgan fingerprint density at radius 1 is 1.39 bits per heavy atom. The molecule has 0 unspecified atom stereocenters. The number of ether oxygens (including phenoxy) is 1. The lowest BCUT2D eigenvalue weighted by atomic mass is 10.2. The van der Waals surface area contributed by atoms with Gasteiger partial charge < -0.3 is 4.74 Å². The zero-order valence-electron chi connectivity index (χ0n) is 10.2. The van der Waals surface area contributed by atoms with Crippen molar-refractivity contribution in [2.45, 2.75) is 0 Å². The van der Waals surface area contributed by atoms with Crippen molar-refractivity contribution < 1.29 is 19.3 Å². The van der Waals surface area contributed by atoms with E-state index < -0.39 is 5.97 Å². The second kappa shape index (κ2) is 4.44. The third-order valence-electron chi connectivity index (χ3n) is 2.59. The highest BCUT2D eigenvalue weighted by Gasteiger charge is 2.21. The molecule has 1 heterocycles. The van der Waals surface area contributed by atoms with Gasteiger partial charge in [0.05, 0.1) is 17.5 Å². The van der Waals surface area contributed by atoms with Crippen LogP contribution in [0.1, 0.15) is 10.5 Å². The molecule has 0 bridgehead atoms. The number of fused-ring (bicyclic) bond motifs is 1. The smallest absolute Gasteiger partial charge is 0.359 e. The van der Waals surface area contributed by atoms with E-state index in [1.807, 2.05) is 0 Å². The molecule has 0 N–H and O–H groups in total. The van der Waals surface area contributed by atoms with Crippen LogP contribution < -0.4 is 0 Å². The van der Waals surface area contributed by atoms with Crippen LogP contribution in [0.5, 0.6) is 0 Å². The van der Waals surface area contributed by atoms with Crippen LogP contribution in [0.25, 0.3) is 10.9 Å². The van der Waals surface area contributed by atoms with Crippen molar-refractivity contribution in [1.29, 1.82) is 0 Å². The number of hydrogen-bond acceptors (Lipinski definition) is 5. The summed E-state index contributed by atoms with van der Waals surface area (Å²) in [6, 6.07) is 4.77. The molecule has 7 nitrogen and oxygen atoms in total. The molecule has 0 fully saturated rings. The zero-order chi connectivity index (χ0) is 13.3. The molecule has 0 aliphatic heterocycles. The Labute approximate surface area is 102 Å². The molecule has 0 saturated carbocycles. The molecule has 0 amide bonds. The number of methoxy groups -OCH3 is 1. The summed E-state index contributed by atoms with van der Waals surface area (Å²) in [5.41, 5.74) is 1.19.